The zero-order valence-electron chi connectivity index (χ0n) is 9.13. The normalized spacial score (nSPS) is 12.8. The van der Waals surface area contributed by atoms with Crippen LogP contribution >= 0.6 is 0 Å². The fraction of sp³-hybridized carbons (Fsp3) is 0.727. The maximum absolute atomic E-state index is 11.6. The molecule has 0 bridgehead atoms. The first-order valence-electron chi connectivity index (χ1n) is 4.86. The monoisotopic (exact) mass is 183 g/mol. The van der Waals surface area contributed by atoms with E-state index in [-0.39, 0.29) is 11.7 Å². The molecular formula is C11H21NO. The van der Waals surface area contributed by atoms with E-state index in [0.29, 0.717) is 12.5 Å². The number of allylic oxidation sites excluding steroid dienone is 2. The summed E-state index contributed by atoms with van der Waals surface area (Å²) in [7, 11) is 0. The third kappa shape index (κ3) is 5.58. The van der Waals surface area contributed by atoms with Crippen LogP contribution in [-0.2, 0) is 4.79 Å². The van der Waals surface area contributed by atoms with Gasteiger partial charge < -0.3 is 5.73 Å². The standard InChI is InChI=1S/C11H21NO/c1-8(2)5-10(7-12)11(13)6-9(3)4/h6,8,10H,5,7,12H2,1-4H3. The molecule has 0 aliphatic rings. The predicted octanol–water partition coefficient (Wildman–Crippen LogP) is 2.14. The molecule has 0 aromatic carbocycles. The molecule has 0 fully saturated rings. The summed E-state index contributed by atoms with van der Waals surface area (Å²) in [5.74, 6) is 0.717. The zero-order valence-corrected chi connectivity index (χ0v) is 9.13. The van der Waals surface area contributed by atoms with Crippen molar-refractivity contribution in [2.24, 2.45) is 17.6 Å². The molecule has 0 aliphatic carbocycles. The molecule has 0 saturated carbocycles. The Morgan fingerprint density at radius 3 is 2.23 bits per heavy atom. The van der Waals surface area contributed by atoms with Crippen molar-refractivity contribution in [3.63, 3.8) is 0 Å². The number of hydrogen-bond donors (Lipinski definition) is 1. The molecule has 0 aromatic heterocycles. The molecule has 0 spiro atoms. The molecule has 0 aromatic rings. The largest absolute Gasteiger partial charge is 0.330 e. The highest BCUT2D eigenvalue weighted by atomic mass is 16.1. The van der Waals surface area contributed by atoms with Gasteiger partial charge in [-0.3, -0.25) is 4.79 Å². The lowest BCUT2D eigenvalue weighted by Gasteiger charge is -2.13. The van der Waals surface area contributed by atoms with Crippen LogP contribution in [0.1, 0.15) is 34.1 Å². The van der Waals surface area contributed by atoms with Crippen LogP contribution in [0.15, 0.2) is 11.6 Å². The molecule has 1 atom stereocenters. The highest BCUT2D eigenvalue weighted by Crippen LogP contribution is 2.12. The molecule has 1 unspecified atom stereocenters. The first-order valence-corrected chi connectivity index (χ1v) is 4.86. The highest BCUT2D eigenvalue weighted by molar-refractivity contribution is 5.92. The Bertz CT molecular complexity index is 190. The maximum Gasteiger partial charge on any atom is 0.159 e. The van der Waals surface area contributed by atoms with Gasteiger partial charge in [-0.2, -0.15) is 0 Å². The Hall–Kier alpha value is -0.630. The second-order valence-corrected chi connectivity index (χ2v) is 4.19. The minimum absolute atomic E-state index is 0.00917. The molecular weight excluding hydrogens is 162 g/mol. The van der Waals surface area contributed by atoms with E-state index in [1.807, 2.05) is 13.8 Å². The summed E-state index contributed by atoms with van der Waals surface area (Å²) in [4.78, 5) is 11.6. The van der Waals surface area contributed by atoms with Crippen LogP contribution in [0.5, 0.6) is 0 Å². The molecule has 0 radical (unpaired) electrons. The second-order valence-electron chi connectivity index (χ2n) is 4.19. The molecule has 2 nitrogen and oxygen atoms in total. The molecule has 0 amide bonds. The number of carbonyl (C=O) groups excluding carboxylic acids is 1. The van der Waals surface area contributed by atoms with Crippen molar-refractivity contribution in [3.05, 3.63) is 11.6 Å². The van der Waals surface area contributed by atoms with Crippen molar-refractivity contribution in [3.8, 4) is 0 Å². The summed E-state index contributed by atoms with van der Waals surface area (Å²) < 4.78 is 0. The molecule has 0 heterocycles. The smallest absolute Gasteiger partial charge is 0.159 e. The lowest BCUT2D eigenvalue weighted by atomic mass is 9.92. The average Bonchev–Trinajstić information content (AvgIpc) is 1.98. The Balaban J connectivity index is 4.24. The van der Waals surface area contributed by atoms with Gasteiger partial charge in [-0.05, 0) is 32.3 Å². The summed E-state index contributed by atoms with van der Waals surface area (Å²) in [5, 5.41) is 0. The van der Waals surface area contributed by atoms with Crippen LogP contribution < -0.4 is 5.73 Å². The third-order valence-electron chi connectivity index (χ3n) is 1.87. The third-order valence-corrected chi connectivity index (χ3v) is 1.87. The van der Waals surface area contributed by atoms with E-state index >= 15 is 0 Å². The van der Waals surface area contributed by atoms with E-state index in [1.165, 1.54) is 0 Å². The minimum atomic E-state index is 0.00917. The molecule has 76 valence electrons. The van der Waals surface area contributed by atoms with Crippen molar-refractivity contribution in [2.45, 2.75) is 34.1 Å². The van der Waals surface area contributed by atoms with E-state index in [2.05, 4.69) is 13.8 Å². The quantitative estimate of drug-likeness (QED) is 0.664. The Kier molecular flexibility index (Phi) is 5.63. The topological polar surface area (TPSA) is 43.1 Å². The summed E-state index contributed by atoms with van der Waals surface area (Å²) >= 11 is 0. The van der Waals surface area contributed by atoms with E-state index in [9.17, 15) is 4.79 Å². The van der Waals surface area contributed by atoms with E-state index < -0.39 is 0 Å². The van der Waals surface area contributed by atoms with Gasteiger partial charge in [-0.25, -0.2) is 0 Å². The van der Waals surface area contributed by atoms with Gasteiger partial charge in [0, 0.05) is 12.5 Å². The van der Waals surface area contributed by atoms with Crippen molar-refractivity contribution in [2.75, 3.05) is 6.54 Å². The molecule has 2 N–H and O–H groups in total. The van der Waals surface area contributed by atoms with Crippen LogP contribution in [0, 0.1) is 11.8 Å². The van der Waals surface area contributed by atoms with Gasteiger partial charge in [-0.15, -0.1) is 0 Å². The highest BCUT2D eigenvalue weighted by Gasteiger charge is 2.15. The van der Waals surface area contributed by atoms with Crippen LogP contribution in [0.3, 0.4) is 0 Å². The van der Waals surface area contributed by atoms with Crippen molar-refractivity contribution < 1.29 is 4.79 Å². The van der Waals surface area contributed by atoms with Gasteiger partial charge in [0.15, 0.2) is 5.78 Å². The van der Waals surface area contributed by atoms with Gasteiger partial charge in [0.25, 0.3) is 0 Å². The Morgan fingerprint density at radius 1 is 1.38 bits per heavy atom. The number of rotatable bonds is 5. The molecule has 0 aliphatic heterocycles. The minimum Gasteiger partial charge on any atom is -0.330 e. The van der Waals surface area contributed by atoms with Gasteiger partial charge in [0.2, 0.25) is 0 Å². The van der Waals surface area contributed by atoms with Crippen LogP contribution in [0.2, 0.25) is 0 Å². The van der Waals surface area contributed by atoms with Gasteiger partial charge >= 0.3 is 0 Å². The zero-order chi connectivity index (χ0) is 10.4. The van der Waals surface area contributed by atoms with E-state index in [0.717, 1.165) is 12.0 Å². The number of nitrogens with two attached hydrogens (primary N) is 1. The first kappa shape index (κ1) is 12.4. The number of ketones is 1. The number of carbonyl (C=O) groups is 1. The fourth-order valence-electron chi connectivity index (χ4n) is 1.30. The second kappa shape index (κ2) is 5.92. The SMILES string of the molecule is CC(C)=CC(=O)C(CN)CC(C)C. The average molecular weight is 183 g/mol. The molecule has 0 saturated heterocycles. The Labute approximate surface area is 81.2 Å². The van der Waals surface area contributed by atoms with Gasteiger partial charge in [0.05, 0.1) is 0 Å². The summed E-state index contributed by atoms with van der Waals surface area (Å²) in [6.45, 7) is 8.54. The maximum atomic E-state index is 11.6. The Morgan fingerprint density at radius 2 is 1.92 bits per heavy atom. The fourth-order valence-corrected chi connectivity index (χ4v) is 1.30. The van der Waals surface area contributed by atoms with Crippen LogP contribution in [-0.4, -0.2) is 12.3 Å². The lowest BCUT2D eigenvalue weighted by molar-refractivity contribution is -0.118. The van der Waals surface area contributed by atoms with Gasteiger partial charge in [0.1, 0.15) is 0 Å². The molecule has 0 rings (SSSR count). The van der Waals surface area contributed by atoms with Crippen LogP contribution in [0.25, 0.3) is 0 Å². The van der Waals surface area contributed by atoms with E-state index in [4.69, 9.17) is 5.73 Å². The van der Waals surface area contributed by atoms with Crippen molar-refractivity contribution >= 4 is 5.78 Å². The van der Waals surface area contributed by atoms with Crippen molar-refractivity contribution in [1.29, 1.82) is 0 Å². The summed E-state index contributed by atoms with van der Waals surface area (Å²) in [6.07, 6.45) is 2.58. The van der Waals surface area contributed by atoms with Crippen LogP contribution in [0.4, 0.5) is 0 Å². The molecule has 2 heteroatoms. The number of hydrogen-bond acceptors (Lipinski definition) is 2. The summed E-state index contributed by atoms with van der Waals surface area (Å²) in [5.41, 5.74) is 6.60. The lowest BCUT2D eigenvalue weighted by Crippen LogP contribution is -2.24. The van der Waals surface area contributed by atoms with E-state index in [1.54, 1.807) is 6.08 Å². The van der Waals surface area contributed by atoms with Gasteiger partial charge in [-0.1, -0.05) is 19.4 Å². The molecule has 13 heavy (non-hydrogen) atoms. The predicted molar refractivity (Wildman–Crippen MR) is 56.4 cm³/mol. The summed E-state index contributed by atoms with van der Waals surface area (Å²) in [6, 6.07) is 0. The van der Waals surface area contributed by atoms with Crippen molar-refractivity contribution in [1.82, 2.24) is 0 Å². The first-order chi connectivity index (χ1) is 5.97.